The third-order valence-corrected chi connectivity index (χ3v) is 8.91. The van der Waals surface area contributed by atoms with Crippen molar-refractivity contribution in [1.29, 1.82) is 0 Å². The lowest BCUT2D eigenvalue weighted by Gasteiger charge is -2.37. The molecule has 0 fully saturated rings. The first kappa shape index (κ1) is 46.2. The number of nitrogens with one attached hydrogen (secondary N) is 5. The zero-order chi connectivity index (χ0) is 44.1. The van der Waals surface area contributed by atoms with Crippen LogP contribution in [-0.4, -0.2) is 64.8 Å². The average molecular weight is 819 g/mol. The topological polar surface area (TPSA) is 176 Å². The summed E-state index contributed by atoms with van der Waals surface area (Å²) < 4.78 is 11.3. The Kier molecular flexibility index (Phi) is 15.8. The summed E-state index contributed by atoms with van der Waals surface area (Å²) in [6.07, 6.45) is -1.33. The summed E-state index contributed by atoms with van der Waals surface area (Å²) in [6.45, 7) is 15.7. The van der Waals surface area contributed by atoms with Crippen molar-refractivity contribution < 1.29 is 33.4 Å². The van der Waals surface area contributed by atoms with Gasteiger partial charge in [-0.2, -0.15) is 5.10 Å². The van der Waals surface area contributed by atoms with Crippen LogP contribution in [0.2, 0.25) is 0 Å². The lowest BCUT2D eigenvalue weighted by Crippen LogP contribution is -2.58. The molecule has 0 spiro atoms. The molecule has 4 aromatic rings. The molecule has 0 aliphatic rings. The Morgan fingerprint density at radius 2 is 1.08 bits per heavy atom. The van der Waals surface area contributed by atoms with E-state index in [-0.39, 0.29) is 6.42 Å². The quantitative estimate of drug-likeness (QED) is 0.0501. The predicted molar refractivity (Wildman–Crippen MR) is 232 cm³/mol. The lowest BCUT2D eigenvalue weighted by molar-refractivity contribution is -0.134. The van der Waals surface area contributed by atoms with E-state index in [1.165, 1.54) is 6.92 Å². The van der Waals surface area contributed by atoms with Crippen molar-refractivity contribution in [1.82, 2.24) is 26.7 Å². The molecule has 0 heterocycles. The largest absolute Gasteiger partial charge is 0.488 e. The van der Waals surface area contributed by atoms with Gasteiger partial charge in [-0.05, 0) is 96.7 Å². The van der Waals surface area contributed by atoms with Crippen LogP contribution in [0.5, 0.6) is 5.75 Å². The molecule has 4 rings (SSSR count). The summed E-state index contributed by atoms with van der Waals surface area (Å²) in [5.41, 5.74) is 3.50. The molecule has 0 radical (unpaired) electrons. The number of rotatable bonds is 16. The standard InChI is InChI=1S/C47H58N6O7/c1-31(2)52-53-43(57)39(30-40(54)51-47(34-19-13-10-14-20-34,35-21-15-11-16-22-35)36-23-17-12-18-24-36)50-42(56)38(29-33-25-27-37(28-26-33)59-45(4,5)6)49-41(55)32(3)48-44(58)60-46(7,8)9/h10-28,32,38-39H,29-30H2,1-9H3,(H,48,58)(H,49,55)(H,50,56)(H,51,54)(H,53,57)/t32-,38-,39-/m0/s1. The van der Waals surface area contributed by atoms with E-state index in [0.29, 0.717) is 17.0 Å². The van der Waals surface area contributed by atoms with Gasteiger partial charge in [-0.1, -0.05) is 103 Å². The summed E-state index contributed by atoms with van der Waals surface area (Å²) >= 11 is 0. The molecule has 0 aromatic heterocycles. The van der Waals surface area contributed by atoms with Gasteiger partial charge in [0.2, 0.25) is 17.7 Å². The Bertz CT molecular complexity index is 1990. The molecule has 60 heavy (non-hydrogen) atoms. The van der Waals surface area contributed by atoms with E-state index in [0.717, 1.165) is 16.7 Å². The first-order valence-corrected chi connectivity index (χ1v) is 19.9. The van der Waals surface area contributed by atoms with Gasteiger partial charge in [0.1, 0.15) is 40.6 Å². The van der Waals surface area contributed by atoms with Crippen molar-refractivity contribution in [3.05, 3.63) is 138 Å². The van der Waals surface area contributed by atoms with E-state index in [1.54, 1.807) is 58.9 Å². The zero-order valence-corrected chi connectivity index (χ0v) is 35.9. The van der Waals surface area contributed by atoms with Crippen LogP contribution < -0.4 is 31.4 Å². The summed E-state index contributed by atoms with van der Waals surface area (Å²) in [5, 5.41) is 15.2. The molecule has 0 unspecified atom stereocenters. The number of hydrogen-bond acceptors (Lipinski definition) is 8. The second-order valence-electron chi connectivity index (χ2n) is 16.7. The molecule has 0 saturated heterocycles. The van der Waals surface area contributed by atoms with Crippen LogP contribution in [-0.2, 0) is 35.9 Å². The molecule has 0 saturated carbocycles. The van der Waals surface area contributed by atoms with Crippen LogP contribution in [0.1, 0.15) is 91.0 Å². The van der Waals surface area contributed by atoms with E-state index in [1.807, 2.05) is 112 Å². The minimum absolute atomic E-state index is 0.0155. The summed E-state index contributed by atoms with van der Waals surface area (Å²) in [6, 6.07) is 31.7. The molecule has 318 valence electrons. The Labute approximate surface area is 353 Å². The highest BCUT2D eigenvalue weighted by Crippen LogP contribution is 2.37. The van der Waals surface area contributed by atoms with Crippen molar-refractivity contribution >= 4 is 35.4 Å². The first-order valence-electron chi connectivity index (χ1n) is 19.9. The van der Waals surface area contributed by atoms with Gasteiger partial charge in [-0.15, -0.1) is 0 Å². The number of carbonyl (C=O) groups is 5. The van der Waals surface area contributed by atoms with Crippen molar-refractivity contribution in [3.8, 4) is 5.75 Å². The highest BCUT2D eigenvalue weighted by molar-refractivity contribution is 5.96. The monoisotopic (exact) mass is 818 g/mol. The fourth-order valence-corrected chi connectivity index (χ4v) is 6.29. The predicted octanol–water partition coefficient (Wildman–Crippen LogP) is 6.30. The molecule has 13 nitrogen and oxygen atoms in total. The van der Waals surface area contributed by atoms with Crippen molar-refractivity contribution in [2.45, 2.75) is 110 Å². The van der Waals surface area contributed by atoms with Crippen LogP contribution in [0.15, 0.2) is 120 Å². The summed E-state index contributed by atoms with van der Waals surface area (Å²) in [4.78, 5) is 68.7. The Morgan fingerprint density at radius 1 is 0.600 bits per heavy atom. The maximum atomic E-state index is 14.5. The number of nitrogens with zero attached hydrogens (tertiary/aromatic N) is 1. The second kappa shape index (κ2) is 20.5. The maximum absolute atomic E-state index is 14.5. The second-order valence-corrected chi connectivity index (χ2v) is 16.7. The van der Waals surface area contributed by atoms with E-state index in [9.17, 15) is 24.0 Å². The highest BCUT2D eigenvalue weighted by Gasteiger charge is 2.39. The van der Waals surface area contributed by atoms with Crippen LogP contribution in [0.25, 0.3) is 0 Å². The number of ether oxygens (including phenoxy) is 2. The third kappa shape index (κ3) is 13.8. The Morgan fingerprint density at radius 3 is 1.53 bits per heavy atom. The fraction of sp³-hybridized carbons (Fsp3) is 0.362. The van der Waals surface area contributed by atoms with Crippen LogP contribution in [0, 0.1) is 0 Å². The fourth-order valence-electron chi connectivity index (χ4n) is 6.29. The molecule has 5 N–H and O–H groups in total. The maximum Gasteiger partial charge on any atom is 0.408 e. The van der Waals surface area contributed by atoms with Crippen molar-refractivity contribution in [2.75, 3.05) is 0 Å². The lowest BCUT2D eigenvalue weighted by atomic mass is 9.77. The van der Waals surface area contributed by atoms with E-state index < -0.39 is 71.0 Å². The number of hydrogen-bond donors (Lipinski definition) is 5. The molecule has 13 heteroatoms. The van der Waals surface area contributed by atoms with Crippen molar-refractivity contribution in [3.63, 3.8) is 0 Å². The van der Waals surface area contributed by atoms with Gasteiger partial charge < -0.3 is 30.7 Å². The normalized spacial score (nSPS) is 13.0. The van der Waals surface area contributed by atoms with Gasteiger partial charge in [0.05, 0.1) is 6.42 Å². The molecule has 4 aromatic carbocycles. The van der Waals surface area contributed by atoms with E-state index >= 15 is 0 Å². The SMILES string of the molecule is CC(C)=NNC(=O)[C@H](CC(=O)NC(c1ccccc1)(c1ccccc1)c1ccccc1)NC(=O)[C@H](Cc1ccc(OC(C)(C)C)cc1)NC(=O)[C@H](C)NC(=O)OC(C)(C)C. The first-order chi connectivity index (χ1) is 28.3. The number of benzene rings is 4. The molecule has 5 amide bonds. The summed E-state index contributed by atoms with van der Waals surface area (Å²) in [5.74, 6) is -2.14. The molecule has 3 atom stereocenters. The molecule has 0 aliphatic heterocycles. The molecule has 0 bridgehead atoms. The molecular weight excluding hydrogens is 761 g/mol. The van der Waals surface area contributed by atoms with Gasteiger partial charge >= 0.3 is 6.09 Å². The van der Waals surface area contributed by atoms with E-state index in [4.69, 9.17) is 9.47 Å². The van der Waals surface area contributed by atoms with Gasteiger partial charge in [0.25, 0.3) is 5.91 Å². The van der Waals surface area contributed by atoms with Gasteiger partial charge in [0.15, 0.2) is 0 Å². The molecular formula is C47H58N6O7. The minimum Gasteiger partial charge on any atom is -0.488 e. The smallest absolute Gasteiger partial charge is 0.408 e. The van der Waals surface area contributed by atoms with Crippen LogP contribution >= 0.6 is 0 Å². The minimum atomic E-state index is -1.44. The summed E-state index contributed by atoms with van der Waals surface area (Å²) in [7, 11) is 0. The van der Waals surface area contributed by atoms with Gasteiger partial charge in [-0.25, -0.2) is 10.2 Å². The number of carbonyl (C=O) groups excluding carboxylic acids is 5. The third-order valence-electron chi connectivity index (χ3n) is 8.91. The van der Waals surface area contributed by atoms with E-state index in [2.05, 4.69) is 31.8 Å². The highest BCUT2D eigenvalue weighted by atomic mass is 16.6. The van der Waals surface area contributed by atoms with Gasteiger partial charge in [-0.3, -0.25) is 19.2 Å². The number of hydrazone groups is 1. The average Bonchev–Trinajstić information content (AvgIpc) is 3.18. The number of alkyl carbamates (subject to hydrolysis) is 1. The Balaban J connectivity index is 1.69. The Hall–Kier alpha value is -6.50. The van der Waals surface area contributed by atoms with Crippen molar-refractivity contribution in [2.24, 2.45) is 5.10 Å². The number of amides is 5. The van der Waals surface area contributed by atoms with Crippen LogP contribution in [0.3, 0.4) is 0 Å². The van der Waals surface area contributed by atoms with Crippen LogP contribution in [0.4, 0.5) is 4.79 Å². The molecule has 0 aliphatic carbocycles. The zero-order valence-electron chi connectivity index (χ0n) is 35.9. The van der Waals surface area contributed by atoms with Gasteiger partial charge in [0, 0.05) is 12.1 Å².